The molecule has 23 heavy (non-hydrogen) atoms. The smallest absolute Gasteiger partial charge is 0.315 e. The molecule has 0 bridgehead atoms. The van der Waals surface area contributed by atoms with Crippen molar-refractivity contribution in [3.05, 3.63) is 11.6 Å². The van der Waals surface area contributed by atoms with Crippen LogP contribution < -0.4 is 16.0 Å². The third kappa shape index (κ3) is 5.17. The zero-order valence-corrected chi connectivity index (χ0v) is 14.5. The minimum absolute atomic E-state index is 0.0575. The molecule has 0 aliphatic carbocycles. The van der Waals surface area contributed by atoms with Crippen LogP contribution in [-0.2, 0) is 14.6 Å². The molecule has 0 radical (unpaired) electrons. The highest BCUT2D eigenvalue weighted by atomic mass is 32.2. The van der Waals surface area contributed by atoms with E-state index in [4.69, 9.17) is 0 Å². The zero-order valence-electron chi connectivity index (χ0n) is 12.9. The van der Waals surface area contributed by atoms with Crippen LogP contribution in [-0.4, -0.2) is 48.9 Å². The topological polar surface area (TPSA) is 117 Å². The van der Waals surface area contributed by atoms with E-state index in [1.165, 1.54) is 11.3 Å². The molecular formula is C13H20N4O4S2. The van der Waals surface area contributed by atoms with Crippen molar-refractivity contribution in [1.82, 2.24) is 15.6 Å². The maximum absolute atomic E-state index is 12.2. The van der Waals surface area contributed by atoms with Crippen molar-refractivity contribution in [1.29, 1.82) is 0 Å². The van der Waals surface area contributed by atoms with Gasteiger partial charge in [0.25, 0.3) is 0 Å². The lowest BCUT2D eigenvalue weighted by molar-refractivity contribution is -0.118. The number of nitrogens with one attached hydrogen (secondary N) is 3. The molecule has 2 atom stereocenters. The van der Waals surface area contributed by atoms with Crippen molar-refractivity contribution < 1.29 is 18.0 Å². The van der Waals surface area contributed by atoms with Gasteiger partial charge in [0.2, 0.25) is 5.91 Å². The van der Waals surface area contributed by atoms with Crippen LogP contribution in [0.1, 0.15) is 20.3 Å². The number of anilines is 1. The number of urea groups is 1. The number of rotatable bonds is 5. The molecule has 1 unspecified atom stereocenters. The van der Waals surface area contributed by atoms with Gasteiger partial charge in [0.15, 0.2) is 15.0 Å². The van der Waals surface area contributed by atoms with Crippen LogP contribution in [0.2, 0.25) is 0 Å². The standard InChI is InChI=1S/C13H20N4O4S2/c1-8(2)10(11(18)17-13-14-4-5-22-13)16-12(19)15-9-3-6-23(20,21)7-9/h4-5,8-10H,3,6-7H2,1-2H3,(H,14,17,18)(H2,15,16,19)/t9?,10-/m1/s1. The van der Waals surface area contributed by atoms with Crippen molar-refractivity contribution in [2.45, 2.75) is 32.4 Å². The number of thiazole rings is 1. The first-order chi connectivity index (χ1) is 10.8. The Balaban J connectivity index is 1.91. The van der Waals surface area contributed by atoms with E-state index in [0.717, 1.165) is 0 Å². The second-order valence-electron chi connectivity index (χ2n) is 5.77. The van der Waals surface area contributed by atoms with E-state index >= 15 is 0 Å². The lowest BCUT2D eigenvalue weighted by Crippen LogP contribution is -2.52. The lowest BCUT2D eigenvalue weighted by Gasteiger charge is -2.22. The summed E-state index contributed by atoms with van der Waals surface area (Å²) in [5.74, 6) is -0.467. The fraction of sp³-hybridized carbons (Fsp3) is 0.615. The van der Waals surface area contributed by atoms with Crippen molar-refractivity contribution >= 4 is 38.2 Å². The van der Waals surface area contributed by atoms with Gasteiger partial charge < -0.3 is 16.0 Å². The van der Waals surface area contributed by atoms with Crippen molar-refractivity contribution in [2.75, 3.05) is 16.8 Å². The molecule has 10 heteroatoms. The normalized spacial score (nSPS) is 20.9. The molecule has 0 saturated carbocycles. The predicted molar refractivity (Wildman–Crippen MR) is 88.1 cm³/mol. The summed E-state index contributed by atoms with van der Waals surface area (Å²) in [5.41, 5.74) is 0. The van der Waals surface area contributed by atoms with Crippen LogP contribution in [0.5, 0.6) is 0 Å². The maximum atomic E-state index is 12.2. The summed E-state index contributed by atoms with van der Waals surface area (Å²) in [4.78, 5) is 28.2. The fourth-order valence-corrected chi connectivity index (χ4v) is 4.49. The Hall–Kier alpha value is -1.68. The highest BCUT2D eigenvalue weighted by Crippen LogP contribution is 2.13. The van der Waals surface area contributed by atoms with Gasteiger partial charge in [0.05, 0.1) is 11.5 Å². The van der Waals surface area contributed by atoms with Gasteiger partial charge in [-0.2, -0.15) is 0 Å². The van der Waals surface area contributed by atoms with Crippen LogP contribution in [0.4, 0.5) is 9.93 Å². The van der Waals surface area contributed by atoms with Gasteiger partial charge in [-0.05, 0) is 12.3 Å². The molecule has 2 rings (SSSR count). The van der Waals surface area contributed by atoms with Crippen LogP contribution in [0.15, 0.2) is 11.6 Å². The van der Waals surface area contributed by atoms with E-state index in [1.54, 1.807) is 11.6 Å². The minimum atomic E-state index is -3.07. The van der Waals surface area contributed by atoms with Crippen molar-refractivity contribution in [2.24, 2.45) is 5.92 Å². The van der Waals surface area contributed by atoms with Crippen LogP contribution in [0, 0.1) is 5.92 Å². The summed E-state index contributed by atoms with van der Waals surface area (Å²) in [6, 6.07) is -1.69. The van der Waals surface area contributed by atoms with Gasteiger partial charge in [-0.15, -0.1) is 11.3 Å². The average molecular weight is 360 g/mol. The first kappa shape index (κ1) is 17.7. The molecule has 1 aliphatic heterocycles. The molecule has 0 spiro atoms. The third-order valence-corrected chi connectivity index (χ3v) is 5.92. The Bertz CT molecular complexity index is 658. The van der Waals surface area contributed by atoms with Crippen LogP contribution >= 0.6 is 11.3 Å². The van der Waals surface area contributed by atoms with Gasteiger partial charge in [-0.1, -0.05) is 13.8 Å². The monoisotopic (exact) mass is 360 g/mol. The molecule has 1 fully saturated rings. The molecule has 1 aliphatic rings. The molecule has 1 aromatic heterocycles. The summed E-state index contributed by atoms with van der Waals surface area (Å²) in [7, 11) is -3.07. The minimum Gasteiger partial charge on any atom is -0.334 e. The number of hydrogen-bond acceptors (Lipinski definition) is 6. The number of carbonyl (C=O) groups excluding carboxylic acids is 2. The second kappa shape index (κ2) is 7.26. The highest BCUT2D eigenvalue weighted by molar-refractivity contribution is 7.91. The van der Waals surface area contributed by atoms with E-state index < -0.39 is 28.0 Å². The predicted octanol–water partition coefficient (Wildman–Crippen LogP) is 0.592. The number of nitrogens with zero attached hydrogens (tertiary/aromatic N) is 1. The van der Waals surface area contributed by atoms with E-state index in [1.807, 2.05) is 13.8 Å². The zero-order chi connectivity index (χ0) is 17.0. The Morgan fingerprint density at radius 2 is 2.13 bits per heavy atom. The molecule has 2 heterocycles. The molecule has 0 aromatic carbocycles. The number of amides is 3. The van der Waals surface area contributed by atoms with E-state index in [2.05, 4.69) is 20.9 Å². The van der Waals surface area contributed by atoms with E-state index in [-0.39, 0.29) is 23.3 Å². The fourth-order valence-electron chi connectivity index (χ4n) is 2.28. The summed E-state index contributed by atoms with van der Waals surface area (Å²) >= 11 is 1.29. The van der Waals surface area contributed by atoms with E-state index in [0.29, 0.717) is 11.6 Å². The summed E-state index contributed by atoms with van der Waals surface area (Å²) in [5, 5.41) is 10.1. The van der Waals surface area contributed by atoms with Gasteiger partial charge in [0, 0.05) is 17.6 Å². The SMILES string of the molecule is CC(C)[C@@H](NC(=O)NC1CCS(=O)(=O)C1)C(=O)Nc1nccs1. The first-order valence-electron chi connectivity index (χ1n) is 7.24. The molecule has 128 valence electrons. The molecular weight excluding hydrogens is 340 g/mol. The van der Waals surface area contributed by atoms with Gasteiger partial charge >= 0.3 is 6.03 Å². The molecule has 1 saturated heterocycles. The number of hydrogen-bond donors (Lipinski definition) is 3. The maximum Gasteiger partial charge on any atom is 0.315 e. The van der Waals surface area contributed by atoms with Gasteiger partial charge in [0.1, 0.15) is 6.04 Å². The second-order valence-corrected chi connectivity index (χ2v) is 8.89. The van der Waals surface area contributed by atoms with Crippen molar-refractivity contribution in [3.63, 3.8) is 0 Å². The van der Waals surface area contributed by atoms with Crippen molar-refractivity contribution in [3.8, 4) is 0 Å². The van der Waals surface area contributed by atoms with Gasteiger partial charge in [-0.25, -0.2) is 18.2 Å². The van der Waals surface area contributed by atoms with Crippen LogP contribution in [0.25, 0.3) is 0 Å². The Morgan fingerprint density at radius 3 is 2.65 bits per heavy atom. The Kier molecular flexibility index (Phi) is 5.58. The van der Waals surface area contributed by atoms with E-state index in [9.17, 15) is 18.0 Å². The molecule has 1 aromatic rings. The Morgan fingerprint density at radius 1 is 1.39 bits per heavy atom. The quantitative estimate of drug-likeness (QED) is 0.710. The van der Waals surface area contributed by atoms with Gasteiger partial charge in [-0.3, -0.25) is 4.79 Å². The number of aromatic nitrogens is 1. The lowest BCUT2D eigenvalue weighted by atomic mass is 10.0. The number of carbonyl (C=O) groups is 2. The largest absolute Gasteiger partial charge is 0.334 e. The Labute approximate surface area is 139 Å². The summed E-state index contributed by atoms with van der Waals surface area (Å²) in [6.45, 7) is 3.62. The number of sulfone groups is 1. The highest BCUT2D eigenvalue weighted by Gasteiger charge is 2.30. The molecule has 3 amide bonds. The first-order valence-corrected chi connectivity index (χ1v) is 9.95. The summed E-state index contributed by atoms with van der Waals surface area (Å²) < 4.78 is 22.8. The third-order valence-electron chi connectivity index (χ3n) is 3.47. The average Bonchev–Trinajstić information content (AvgIpc) is 3.05. The molecule has 8 nitrogen and oxygen atoms in total. The van der Waals surface area contributed by atoms with Crippen LogP contribution in [0.3, 0.4) is 0 Å². The summed E-state index contributed by atoms with van der Waals surface area (Å²) in [6.07, 6.45) is 1.97. The molecule has 3 N–H and O–H groups in total.